The van der Waals surface area contributed by atoms with Crippen molar-refractivity contribution in [1.82, 2.24) is 4.98 Å². The summed E-state index contributed by atoms with van der Waals surface area (Å²) in [5, 5.41) is 4.94. The van der Waals surface area contributed by atoms with Gasteiger partial charge in [0.15, 0.2) is 0 Å². The van der Waals surface area contributed by atoms with Gasteiger partial charge in [0.2, 0.25) is 0 Å². The highest BCUT2D eigenvalue weighted by Crippen LogP contribution is 2.50. The molecule has 0 spiro atoms. The Labute approximate surface area is 310 Å². The molecule has 0 bridgehead atoms. The van der Waals surface area contributed by atoms with Crippen LogP contribution in [0, 0.1) is 0 Å². The van der Waals surface area contributed by atoms with Crippen molar-refractivity contribution >= 4 is 21.5 Å². The summed E-state index contributed by atoms with van der Waals surface area (Å²) in [6.45, 7) is 4.71. The standard InChI is InChI=1S/C52H37N/c1-52(2)46-22-13-12-21-40(46)41-28-25-38(33-47(41)52)37-26-29-42-44(31-37)50(35-17-8-4-9-18-35)43-30-27-39(32-45(43)51(42)36-19-10-5-11-20-36)49-24-14-23-48(53-49)34-15-6-3-7-16-34/h3-33H,1-2H3. The summed E-state index contributed by atoms with van der Waals surface area (Å²) in [6.07, 6.45) is 0. The molecule has 0 saturated carbocycles. The van der Waals surface area contributed by atoms with E-state index >= 15 is 0 Å². The van der Waals surface area contributed by atoms with Gasteiger partial charge in [0, 0.05) is 16.5 Å². The van der Waals surface area contributed by atoms with Crippen LogP contribution in [-0.2, 0) is 5.41 Å². The van der Waals surface area contributed by atoms with Crippen LogP contribution in [0.5, 0.6) is 0 Å². The first kappa shape index (κ1) is 31.2. The normalized spacial score (nSPS) is 12.9. The summed E-state index contributed by atoms with van der Waals surface area (Å²) in [7, 11) is 0. The monoisotopic (exact) mass is 675 g/mol. The number of aromatic nitrogens is 1. The molecule has 1 heteroatoms. The molecule has 0 amide bonds. The molecule has 8 aromatic carbocycles. The minimum Gasteiger partial charge on any atom is -0.248 e. The summed E-state index contributed by atoms with van der Waals surface area (Å²) in [5.74, 6) is 0. The molecule has 9 aromatic rings. The topological polar surface area (TPSA) is 12.9 Å². The Morgan fingerprint density at radius 1 is 0.321 bits per heavy atom. The third-order valence-electron chi connectivity index (χ3n) is 11.3. The predicted octanol–water partition coefficient (Wildman–Crippen LogP) is 14.0. The van der Waals surface area contributed by atoms with Crippen LogP contribution < -0.4 is 0 Å². The molecule has 1 nitrogen and oxygen atoms in total. The van der Waals surface area contributed by atoms with Gasteiger partial charge in [-0.2, -0.15) is 0 Å². The zero-order valence-corrected chi connectivity index (χ0v) is 29.8. The van der Waals surface area contributed by atoms with Crippen LogP contribution >= 0.6 is 0 Å². The fraction of sp³-hybridized carbons (Fsp3) is 0.0577. The molecule has 0 fully saturated rings. The Kier molecular flexibility index (Phi) is 7.23. The third-order valence-corrected chi connectivity index (χ3v) is 11.3. The van der Waals surface area contributed by atoms with E-state index in [4.69, 9.17) is 4.98 Å². The lowest BCUT2D eigenvalue weighted by Crippen LogP contribution is -2.14. The molecule has 1 aliphatic carbocycles. The van der Waals surface area contributed by atoms with E-state index in [1.165, 1.54) is 77.2 Å². The Morgan fingerprint density at radius 2 is 0.792 bits per heavy atom. The zero-order chi connectivity index (χ0) is 35.5. The molecule has 1 aliphatic rings. The minimum atomic E-state index is -0.0577. The number of pyridine rings is 1. The minimum absolute atomic E-state index is 0.0577. The van der Waals surface area contributed by atoms with Gasteiger partial charge in [-0.3, -0.25) is 0 Å². The lowest BCUT2D eigenvalue weighted by atomic mass is 9.81. The fourth-order valence-electron chi connectivity index (χ4n) is 8.65. The Morgan fingerprint density at radius 3 is 1.43 bits per heavy atom. The highest BCUT2D eigenvalue weighted by Gasteiger charge is 2.35. The molecule has 0 atom stereocenters. The smallest absolute Gasteiger partial charge is 0.0709 e. The van der Waals surface area contributed by atoms with Crippen molar-refractivity contribution in [2.45, 2.75) is 19.3 Å². The quantitative estimate of drug-likeness (QED) is 0.165. The molecule has 1 aromatic heterocycles. The Bertz CT molecular complexity index is 2830. The summed E-state index contributed by atoms with van der Waals surface area (Å²) < 4.78 is 0. The lowest BCUT2D eigenvalue weighted by molar-refractivity contribution is 0.660. The van der Waals surface area contributed by atoms with Gasteiger partial charge in [-0.15, -0.1) is 0 Å². The van der Waals surface area contributed by atoms with Gasteiger partial charge in [0.1, 0.15) is 0 Å². The van der Waals surface area contributed by atoms with E-state index in [-0.39, 0.29) is 5.41 Å². The van der Waals surface area contributed by atoms with Gasteiger partial charge >= 0.3 is 0 Å². The largest absolute Gasteiger partial charge is 0.248 e. The first-order valence-electron chi connectivity index (χ1n) is 18.5. The van der Waals surface area contributed by atoms with E-state index in [1.807, 2.05) is 6.07 Å². The van der Waals surface area contributed by atoms with Gasteiger partial charge in [0.25, 0.3) is 0 Å². The SMILES string of the molecule is CC1(C)c2ccccc2-c2ccc(-c3ccc4c(-c5ccccc5)c5cc(-c6cccc(-c7ccccc7)n6)ccc5c(-c5ccccc5)c4c3)cc21. The lowest BCUT2D eigenvalue weighted by Gasteiger charge is -2.22. The average molecular weight is 676 g/mol. The van der Waals surface area contributed by atoms with Crippen molar-refractivity contribution in [2.24, 2.45) is 0 Å². The Balaban J connectivity index is 1.22. The molecule has 250 valence electrons. The maximum Gasteiger partial charge on any atom is 0.0709 e. The molecule has 53 heavy (non-hydrogen) atoms. The van der Waals surface area contributed by atoms with Crippen LogP contribution in [0.1, 0.15) is 25.0 Å². The second-order valence-corrected chi connectivity index (χ2v) is 14.7. The van der Waals surface area contributed by atoms with Crippen LogP contribution in [0.25, 0.3) is 88.6 Å². The van der Waals surface area contributed by atoms with Crippen LogP contribution in [0.3, 0.4) is 0 Å². The molecule has 10 rings (SSSR count). The number of nitrogens with zero attached hydrogens (tertiary/aromatic N) is 1. The van der Waals surface area contributed by atoms with E-state index in [0.717, 1.165) is 22.5 Å². The van der Waals surface area contributed by atoms with Gasteiger partial charge in [0.05, 0.1) is 11.4 Å². The summed E-state index contributed by atoms with van der Waals surface area (Å²) >= 11 is 0. The van der Waals surface area contributed by atoms with Crippen LogP contribution in [0.4, 0.5) is 0 Å². The average Bonchev–Trinajstić information content (AvgIpc) is 3.45. The maximum absolute atomic E-state index is 5.16. The van der Waals surface area contributed by atoms with E-state index in [0.29, 0.717) is 0 Å². The Hall–Kier alpha value is -6.57. The van der Waals surface area contributed by atoms with Crippen molar-refractivity contribution in [1.29, 1.82) is 0 Å². The molecule has 0 N–H and O–H groups in total. The summed E-state index contributed by atoms with van der Waals surface area (Å²) in [4.78, 5) is 5.16. The number of hydrogen-bond donors (Lipinski definition) is 0. The second kappa shape index (κ2) is 12.3. The van der Waals surface area contributed by atoms with Crippen LogP contribution in [0.15, 0.2) is 188 Å². The summed E-state index contributed by atoms with van der Waals surface area (Å²) in [5.41, 5.74) is 17.0. The number of rotatable bonds is 5. The predicted molar refractivity (Wildman–Crippen MR) is 224 cm³/mol. The number of hydrogen-bond acceptors (Lipinski definition) is 1. The zero-order valence-electron chi connectivity index (χ0n) is 29.8. The second-order valence-electron chi connectivity index (χ2n) is 14.7. The van der Waals surface area contributed by atoms with Crippen LogP contribution in [0.2, 0.25) is 0 Å². The van der Waals surface area contributed by atoms with Gasteiger partial charge in [-0.1, -0.05) is 172 Å². The molecule has 0 radical (unpaired) electrons. The van der Waals surface area contributed by atoms with E-state index in [2.05, 4.69) is 196 Å². The number of benzene rings is 8. The number of fused-ring (bicyclic) bond motifs is 5. The van der Waals surface area contributed by atoms with Gasteiger partial charge in [-0.05, 0) is 108 Å². The third kappa shape index (κ3) is 5.12. The van der Waals surface area contributed by atoms with Gasteiger partial charge < -0.3 is 0 Å². The van der Waals surface area contributed by atoms with E-state index < -0.39 is 0 Å². The highest BCUT2D eigenvalue weighted by molar-refractivity contribution is 6.22. The van der Waals surface area contributed by atoms with Gasteiger partial charge in [-0.25, -0.2) is 4.98 Å². The highest BCUT2D eigenvalue weighted by atomic mass is 14.7. The fourth-order valence-corrected chi connectivity index (χ4v) is 8.65. The van der Waals surface area contributed by atoms with Crippen molar-refractivity contribution in [3.05, 3.63) is 199 Å². The summed E-state index contributed by atoms with van der Waals surface area (Å²) in [6, 6.07) is 68.5. The van der Waals surface area contributed by atoms with Crippen molar-refractivity contribution in [3.63, 3.8) is 0 Å². The van der Waals surface area contributed by atoms with Crippen molar-refractivity contribution < 1.29 is 0 Å². The molecular formula is C52H37N. The maximum atomic E-state index is 5.16. The van der Waals surface area contributed by atoms with Crippen LogP contribution in [-0.4, -0.2) is 4.98 Å². The first-order valence-corrected chi connectivity index (χ1v) is 18.5. The first-order chi connectivity index (χ1) is 26.0. The molecule has 0 aliphatic heterocycles. The van der Waals surface area contributed by atoms with Crippen molar-refractivity contribution in [3.8, 4) is 67.0 Å². The van der Waals surface area contributed by atoms with E-state index in [9.17, 15) is 0 Å². The molecular weight excluding hydrogens is 639 g/mol. The molecule has 0 saturated heterocycles. The van der Waals surface area contributed by atoms with Crippen molar-refractivity contribution in [2.75, 3.05) is 0 Å². The van der Waals surface area contributed by atoms with E-state index in [1.54, 1.807) is 0 Å². The molecule has 1 heterocycles. The molecule has 0 unspecified atom stereocenters.